The van der Waals surface area contributed by atoms with Gasteiger partial charge in [0.05, 0.1) is 6.20 Å². The smallest absolute Gasteiger partial charge is 0.352 e. The maximum atomic E-state index is 13.2. The molecule has 4 rings (SSSR count). The van der Waals surface area contributed by atoms with E-state index in [2.05, 4.69) is 15.5 Å². The highest BCUT2D eigenvalue weighted by molar-refractivity contribution is 8.00. The summed E-state index contributed by atoms with van der Waals surface area (Å²) >= 11 is 2.22. The van der Waals surface area contributed by atoms with Crippen LogP contribution < -0.4 is 21.3 Å². The standard InChI is InChI=1S/C22H22N6O10S2/c1-9(29)37-5-10-7-39-20-16(19(33)28(20)17(10)21(34)35)25-18(32)15(12-8-40-22(23)24-12)26-38-6-11-3-13(30)14(31)4-27(11)36-2/h3-4,8,16,20,31H,5-7H2,1-2H3,(H2,23,24)(H,25,32)(H,34,35)/b26-15-/t16-,20-/m1/s1. The number of oxime groups is 1. The molecule has 1 fully saturated rings. The summed E-state index contributed by atoms with van der Waals surface area (Å²) < 4.78 is 5.98. The lowest BCUT2D eigenvalue weighted by Gasteiger charge is -2.49. The number of amides is 2. The van der Waals surface area contributed by atoms with Crippen LogP contribution in [0.25, 0.3) is 0 Å². The van der Waals surface area contributed by atoms with Crippen LogP contribution >= 0.6 is 23.1 Å². The van der Waals surface area contributed by atoms with Crippen molar-refractivity contribution in [2.24, 2.45) is 5.16 Å². The van der Waals surface area contributed by atoms with Crippen LogP contribution in [-0.2, 0) is 35.4 Å². The fourth-order valence-corrected chi connectivity index (χ4v) is 5.65. The first-order valence-corrected chi connectivity index (χ1v) is 13.2. The summed E-state index contributed by atoms with van der Waals surface area (Å²) in [7, 11) is 1.29. The number of thioether (sulfide) groups is 1. The highest BCUT2D eigenvalue weighted by Gasteiger charge is 2.54. The molecule has 40 heavy (non-hydrogen) atoms. The predicted octanol–water partition coefficient (Wildman–Crippen LogP) is -1.13. The van der Waals surface area contributed by atoms with Crippen molar-refractivity contribution >= 4 is 57.7 Å². The Morgan fingerprint density at radius 3 is 2.67 bits per heavy atom. The molecule has 2 aliphatic rings. The van der Waals surface area contributed by atoms with Crippen molar-refractivity contribution in [3.8, 4) is 5.75 Å². The molecule has 2 atom stereocenters. The maximum Gasteiger partial charge on any atom is 0.352 e. The average Bonchev–Trinajstić information content (AvgIpc) is 3.34. The lowest BCUT2D eigenvalue weighted by Crippen LogP contribution is -2.71. The van der Waals surface area contributed by atoms with Gasteiger partial charge in [0.25, 0.3) is 11.8 Å². The minimum absolute atomic E-state index is 0.0459. The molecule has 212 valence electrons. The van der Waals surface area contributed by atoms with E-state index >= 15 is 0 Å². The number of nitrogens with zero attached hydrogens (tertiary/aromatic N) is 4. The third kappa shape index (κ3) is 5.71. The molecule has 2 aromatic heterocycles. The SMILES string of the molecule is COn1cc(O)c(=O)cc1CO/N=C(\C(=O)N[C@@H]1C(=O)N2C(C(=O)O)=C(COC(C)=O)CS[C@H]12)c1csc(N)n1. The summed E-state index contributed by atoms with van der Waals surface area (Å²) in [5, 5.41) is 26.5. The van der Waals surface area contributed by atoms with Gasteiger partial charge in [0.2, 0.25) is 5.43 Å². The number of nitrogens with one attached hydrogen (secondary N) is 1. The summed E-state index contributed by atoms with van der Waals surface area (Å²) in [6.07, 6.45) is 1.03. The molecule has 0 radical (unpaired) electrons. The molecule has 2 amide bonds. The van der Waals surface area contributed by atoms with Crippen LogP contribution in [0.15, 0.2) is 38.9 Å². The van der Waals surface area contributed by atoms with E-state index in [1.807, 2.05) is 0 Å². The van der Waals surface area contributed by atoms with E-state index in [4.69, 9.17) is 20.1 Å². The maximum absolute atomic E-state index is 13.2. The van der Waals surface area contributed by atoms with E-state index in [1.54, 1.807) is 0 Å². The molecule has 0 bridgehead atoms. The number of pyridine rings is 1. The van der Waals surface area contributed by atoms with Crippen molar-refractivity contribution in [2.45, 2.75) is 24.9 Å². The number of hydrogen-bond acceptors (Lipinski definition) is 14. The van der Waals surface area contributed by atoms with E-state index in [-0.39, 0.29) is 52.5 Å². The molecule has 4 heterocycles. The molecule has 0 unspecified atom stereocenters. The van der Waals surface area contributed by atoms with E-state index < -0.39 is 46.3 Å². The van der Waals surface area contributed by atoms with Crippen molar-refractivity contribution in [1.82, 2.24) is 19.9 Å². The number of aromatic hydroxyl groups is 1. The van der Waals surface area contributed by atoms with E-state index in [9.17, 15) is 34.2 Å². The van der Waals surface area contributed by atoms with Gasteiger partial charge in [-0.3, -0.25) is 24.1 Å². The van der Waals surface area contributed by atoms with Crippen LogP contribution in [0.4, 0.5) is 5.13 Å². The number of carbonyl (C=O) groups is 4. The van der Waals surface area contributed by atoms with Gasteiger partial charge >= 0.3 is 11.9 Å². The third-order valence-electron chi connectivity index (χ3n) is 5.60. The zero-order chi connectivity index (χ0) is 29.1. The Hall–Kier alpha value is -4.58. The number of aliphatic carboxylic acids is 1. The Kier molecular flexibility index (Phi) is 8.29. The van der Waals surface area contributed by atoms with Crippen LogP contribution in [0.1, 0.15) is 18.3 Å². The predicted molar refractivity (Wildman–Crippen MR) is 139 cm³/mol. The molecular weight excluding hydrogens is 572 g/mol. The van der Waals surface area contributed by atoms with Crippen molar-refractivity contribution < 1.29 is 43.8 Å². The largest absolute Gasteiger partial charge is 0.503 e. The monoisotopic (exact) mass is 594 g/mol. The Balaban J connectivity index is 1.53. The molecule has 2 aliphatic heterocycles. The molecule has 16 nitrogen and oxygen atoms in total. The van der Waals surface area contributed by atoms with Gasteiger partial charge in [-0.05, 0) is 0 Å². The molecule has 5 N–H and O–H groups in total. The second-order valence-corrected chi connectivity index (χ2v) is 10.2. The number of β-lactam (4-membered cyclic amide) rings is 1. The minimum Gasteiger partial charge on any atom is -0.503 e. The van der Waals surface area contributed by atoms with Gasteiger partial charge in [0.1, 0.15) is 42.2 Å². The molecular formula is C22H22N6O10S2. The minimum atomic E-state index is -1.37. The number of carboxylic acid groups (broad SMARTS) is 1. The fraction of sp³-hybridized carbons (Fsp3) is 0.318. The number of carboxylic acids is 1. The quantitative estimate of drug-likeness (QED) is 0.111. The van der Waals surface area contributed by atoms with Crippen LogP contribution in [0.3, 0.4) is 0 Å². The zero-order valence-electron chi connectivity index (χ0n) is 20.9. The number of fused-ring (bicyclic) bond motifs is 1. The van der Waals surface area contributed by atoms with Crippen LogP contribution in [0.5, 0.6) is 5.75 Å². The Bertz CT molecular complexity index is 1500. The second kappa shape index (κ2) is 11.7. The van der Waals surface area contributed by atoms with Gasteiger partial charge in [-0.1, -0.05) is 5.16 Å². The lowest BCUT2D eigenvalue weighted by molar-refractivity contribution is -0.150. The van der Waals surface area contributed by atoms with E-state index in [1.165, 1.54) is 31.2 Å². The van der Waals surface area contributed by atoms with Gasteiger partial charge in [-0.2, -0.15) is 4.73 Å². The van der Waals surface area contributed by atoms with Gasteiger partial charge in [0.15, 0.2) is 23.2 Å². The lowest BCUT2D eigenvalue weighted by atomic mass is 10.0. The molecule has 0 aliphatic carbocycles. The van der Waals surface area contributed by atoms with Crippen LogP contribution in [0, 0.1) is 0 Å². The summed E-state index contributed by atoms with van der Waals surface area (Å²) in [4.78, 5) is 76.4. The number of nitrogen functional groups attached to an aromatic ring is 1. The number of thiazole rings is 1. The van der Waals surface area contributed by atoms with Crippen molar-refractivity contribution in [1.29, 1.82) is 0 Å². The summed E-state index contributed by atoms with van der Waals surface area (Å²) in [5.74, 6) is -3.91. The van der Waals surface area contributed by atoms with Gasteiger partial charge < -0.3 is 35.7 Å². The van der Waals surface area contributed by atoms with Gasteiger partial charge in [-0.15, -0.1) is 23.1 Å². The zero-order valence-corrected chi connectivity index (χ0v) is 22.5. The highest BCUT2D eigenvalue weighted by atomic mass is 32.2. The summed E-state index contributed by atoms with van der Waals surface area (Å²) in [6.45, 7) is 0.543. The van der Waals surface area contributed by atoms with Gasteiger partial charge in [0, 0.05) is 29.7 Å². The highest BCUT2D eigenvalue weighted by Crippen LogP contribution is 2.40. The Morgan fingerprint density at radius 2 is 2.05 bits per heavy atom. The molecule has 0 saturated carbocycles. The van der Waals surface area contributed by atoms with Crippen LogP contribution in [0.2, 0.25) is 0 Å². The Labute approximate surface area is 232 Å². The molecule has 18 heteroatoms. The Morgan fingerprint density at radius 1 is 1.30 bits per heavy atom. The third-order valence-corrected chi connectivity index (χ3v) is 7.62. The first kappa shape index (κ1) is 28.4. The van der Waals surface area contributed by atoms with Crippen molar-refractivity contribution in [3.63, 3.8) is 0 Å². The number of ether oxygens (including phenoxy) is 1. The number of rotatable bonds is 10. The number of esters is 1. The number of anilines is 1. The topological polar surface area (TPSA) is 225 Å². The van der Waals surface area contributed by atoms with Crippen molar-refractivity contribution in [2.75, 3.05) is 25.2 Å². The first-order chi connectivity index (χ1) is 19.0. The second-order valence-electron chi connectivity index (χ2n) is 8.21. The number of aromatic nitrogens is 2. The fourth-order valence-electron chi connectivity index (χ4n) is 3.78. The number of carbonyl (C=O) groups excluding carboxylic acids is 3. The summed E-state index contributed by atoms with van der Waals surface area (Å²) in [5.41, 5.74) is 4.82. The molecule has 1 saturated heterocycles. The molecule has 2 aromatic rings. The van der Waals surface area contributed by atoms with E-state index in [0.717, 1.165) is 33.2 Å². The van der Waals surface area contributed by atoms with Crippen molar-refractivity contribution in [3.05, 3.63) is 50.5 Å². The number of hydrogen-bond donors (Lipinski definition) is 4. The molecule has 0 aromatic carbocycles. The van der Waals surface area contributed by atoms with Crippen LogP contribution in [-0.4, -0.2) is 85.2 Å². The first-order valence-electron chi connectivity index (χ1n) is 11.3. The van der Waals surface area contributed by atoms with E-state index in [0.29, 0.717) is 0 Å². The normalized spacial score (nSPS) is 18.5. The number of nitrogens with two attached hydrogens (primary N) is 1. The van der Waals surface area contributed by atoms with Gasteiger partial charge in [-0.25, -0.2) is 9.78 Å². The molecule has 0 spiro atoms. The summed E-state index contributed by atoms with van der Waals surface area (Å²) in [6, 6.07) is -0.0424. The average molecular weight is 595 g/mol.